The lowest BCUT2D eigenvalue weighted by atomic mass is 9.92. The number of hydrogen-bond acceptors (Lipinski definition) is 2. The number of nitrogens with zero attached hydrogens (tertiary/aromatic N) is 2. The lowest BCUT2D eigenvalue weighted by Gasteiger charge is -2.14. The zero-order valence-corrected chi connectivity index (χ0v) is 16.0. The Morgan fingerprint density at radius 2 is 1.66 bits per heavy atom. The maximum Gasteiger partial charge on any atom is 0.419 e. The number of aromatic nitrogens is 2. The van der Waals surface area contributed by atoms with Crippen LogP contribution in [0.3, 0.4) is 0 Å². The first-order valence-electron chi connectivity index (χ1n) is 8.81. The van der Waals surface area contributed by atoms with Crippen molar-refractivity contribution < 1.29 is 22.4 Å². The van der Waals surface area contributed by atoms with Crippen LogP contribution in [0.2, 0.25) is 0 Å². The summed E-state index contributed by atoms with van der Waals surface area (Å²) >= 11 is 0. The number of hydrogen-bond donors (Lipinski definition) is 1. The molecule has 0 radical (unpaired) electrons. The molecule has 0 saturated heterocycles. The van der Waals surface area contributed by atoms with E-state index >= 15 is 0 Å². The minimum atomic E-state index is -4.90. The third kappa shape index (κ3) is 4.47. The van der Waals surface area contributed by atoms with E-state index in [1.165, 1.54) is 4.68 Å². The van der Waals surface area contributed by atoms with E-state index in [4.69, 9.17) is 0 Å². The Labute approximate surface area is 165 Å². The molecule has 1 N–H and O–H groups in total. The first-order valence-corrected chi connectivity index (χ1v) is 8.81. The molecule has 0 unspecified atom stereocenters. The third-order valence-electron chi connectivity index (χ3n) is 4.25. The van der Waals surface area contributed by atoms with Gasteiger partial charge in [-0.1, -0.05) is 39.0 Å². The summed E-state index contributed by atoms with van der Waals surface area (Å²) in [6, 6.07) is 12.8. The first kappa shape index (κ1) is 20.6. The second kappa shape index (κ2) is 7.35. The fraction of sp³-hybridized carbons (Fsp3) is 0.238. The Bertz CT molecular complexity index is 1030. The van der Waals surface area contributed by atoms with Crippen LogP contribution in [0.1, 0.15) is 42.4 Å². The summed E-state index contributed by atoms with van der Waals surface area (Å²) in [7, 11) is 0. The SMILES string of the molecule is CC(C)(C)c1cc(NC(=O)c2ccc(F)c(C(F)(F)F)c2)n(-c2ccccc2)n1. The lowest BCUT2D eigenvalue weighted by Crippen LogP contribution is -2.17. The van der Waals surface area contributed by atoms with Gasteiger partial charge in [0.25, 0.3) is 5.91 Å². The Hall–Kier alpha value is -3.16. The van der Waals surface area contributed by atoms with Crippen LogP contribution in [0.25, 0.3) is 5.69 Å². The normalized spacial score (nSPS) is 12.1. The fourth-order valence-corrected chi connectivity index (χ4v) is 2.67. The van der Waals surface area contributed by atoms with Gasteiger partial charge < -0.3 is 5.32 Å². The molecule has 1 aromatic heterocycles. The molecule has 3 aromatic rings. The first-order chi connectivity index (χ1) is 13.5. The van der Waals surface area contributed by atoms with Gasteiger partial charge in [-0.3, -0.25) is 4.79 Å². The van der Waals surface area contributed by atoms with Crippen molar-refractivity contribution >= 4 is 11.7 Å². The van der Waals surface area contributed by atoms with E-state index in [9.17, 15) is 22.4 Å². The van der Waals surface area contributed by atoms with Crippen molar-refractivity contribution in [1.29, 1.82) is 0 Å². The number of carbonyl (C=O) groups excluding carboxylic acids is 1. The molecule has 0 bridgehead atoms. The van der Waals surface area contributed by atoms with Gasteiger partial charge in [-0.05, 0) is 30.3 Å². The minimum Gasteiger partial charge on any atom is -0.306 e. The van der Waals surface area contributed by atoms with Crippen LogP contribution in [0, 0.1) is 5.82 Å². The van der Waals surface area contributed by atoms with E-state index in [1.54, 1.807) is 30.3 Å². The van der Waals surface area contributed by atoms with Gasteiger partial charge in [0.2, 0.25) is 0 Å². The Morgan fingerprint density at radius 3 is 2.24 bits per heavy atom. The van der Waals surface area contributed by atoms with Crippen LogP contribution >= 0.6 is 0 Å². The molecule has 1 amide bonds. The average molecular weight is 405 g/mol. The average Bonchev–Trinajstić information content (AvgIpc) is 3.06. The number of benzene rings is 2. The zero-order chi connectivity index (χ0) is 21.4. The molecule has 2 aromatic carbocycles. The van der Waals surface area contributed by atoms with Crippen molar-refractivity contribution in [2.75, 3.05) is 5.32 Å². The molecule has 29 heavy (non-hydrogen) atoms. The number of carbonyl (C=O) groups is 1. The molecule has 0 aliphatic heterocycles. The van der Waals surface area contributed by atoms with E-state index in [0.29, 0.717) is 29.3 Å². The maximum atomic E-state index is 13.5. The van der Waals surface area contributed by atoms with Gasteiger partial charge in [0.15, 0.2) is 0 Å². The molecule has 0 atom stereocenters. The van der Waals surface area contributed by atoms with E-state index in [1.807, 2.05) is 26.8 Å². The lowest BCUT2D eigenvalue weighted by molar-refractivity contribution is -0.140. The van der Waals surface area contributed by atoms with Crippen molar-refractivity contribution in [1.82, 2.24) is 9.78 Å². The highest BCUT2D eigenvalue weighted by Gasteiger charge is 2.34. The summed E-state index contributed by atoms with van der Waals surface area (Å²) in [6.07, 6.45) is -4.90. The molecule has 4 nitrogen and oxygen atoms in total. The molecule has 8 heteroatoms. The molecule has 0 aliphatic rings. The van der Waals surface area contributed by atoms with E-state index in [2.05, 4.69) is 10.4 Å². The third-order valence-corrected chi connectivity index (χ3v) is 4.25. The van der Waals surface area contributed by atoms with E-state index < -0.39 is 23.5 Å². The number of rotatable bonds is 3. The number of nitrogens with one attached hydrogen (secondary N) is 1. The predicted molar refractivity (Wildman–Crippen MR) is 102 cm³/mol. The molecule has 0 spiro atoms. The molecule has 1 heterocycles. The van der Waals surface area contributed by atoms with Gasteiger partial charge in [0.05, 0.1) is 16.9 Å². The van der Waals surface area contributed by atoms with Gasteiger partial charge in [-0.25, -0.2) is 9.07 Å². The van der Waals surface area contributed by atoms with Gasteiger partial charge in [-0.2, -0.15) is 18.3 Å². The molecule has 0 aliphatic carbocycles. The van der Waals surface area contributed by atoms with Crippen molar-refractivity contribution in [2.24, 2.45) is 0 Å². The van der Waals surface area contributed by atoms with Crippen molar-refractivity contribution in [3.05, 3.63) is 77.2 Å². The topological polar surface area (TPSA) is 46.9 Å². The maximum absolute atomic E-state index is 13.5. The fourth-order valence-electron chi connectivity index (χ4n) is 2.67. The number of anilines is 1. The van der Waals surface area contributed by atoms with Gasteiger partial charge in [0, 0.05) is 17.0 Å². The highest BCUT2D eigenvalue weighted by atomic mass is 19.4. The number of para-hydroxylation sites is 1. The molecule has 0 fully saturated rings. The van der Waals surface area contributed by atoms with E-state index in [-0.39, 0.29) is 11.0 Å². The Balaban J connectivity index is 2.00. The molecule has 0 saturated carbocycles. The van der Waals surface area contributed by atoms with Crippen molar-refractivity contribution in [3.63, 3.8) is 0 Å². The second-order valence-corrected chi connectivity index (χ2v) is 7.56. The van der Waals surface area contributed by atoms with Crippen LogP contribution < -0.4 is 5.32 Å². The molecular weight excluding hydrogens is 386 g/mol. The zero-order valence-electron chi connectivity index (χ0n) is 16.0. The largest absolute Gasteiger partial charge is 0.419 e. The summed E-state index contributed by atoms with van der Waals surface area (Å²) in [5.74, 6) is -1.93. The molecule has 152 valence electrons. The van der Waals surface area contributed by atoms with Gasteiger partial charge in [0.1, 0.15) is 11.6 Å². The smallest absolute Gasteiger partial charge is 0.306 e. The van der Waals surface area contributed by atoms with Crippen LogP contribution in [-0.4, -0.2) is 15.7 Å². The molecular formula is C21H19F4N3O. The minimum absolute atomic E-state index is 0.295. The summed E-state index contributed by atoms with van der Waals surface area (Å²) in [5.41, 5.74) is -0.757. The van der Waals surface area contributed by atoms with Crippen LogP contribution in [0.5, 0.6) is 0 Å². The molecule has 3 rings (SSSR count). The van der Waals surface area contributed by atoms with Crippen LogP contribution in [0.15, 0.2) is 54.6 Å². The summed E-state index contributed by atoms with van der Waals surface area (Å²) in [6.45, 7) is 5.85. The van der Waals surface area contributed by atoms with Gasteiger partial charge in [-0.15, -0.1) is 0 Å². The quantitative estimate of drug-likeness (QED) is 0.578. The highest BCUT2D eigenvalue weighted by molar-refractivity contribution is 6.04. The summed E-state index contributed by atoms with van der Waals surface area (Å²) < 4.78 is 53.9. The number of amides is 1. The van der Waals surface area contributed by atoms with Gasteiger partial charge >= 0.3 is 6.18 Å². The number of alkyl halides is 3. The standard InChI is InChI=1S/C21H19F4N3O/c1-20(2,3)17-12-18(28(27-17)14-7-5-4-6-8-14)26-19(29)13-9-10-16(22)15(11-13)21(23,24)25/h4-12H,1-3H3,(H,26,29). The van der Waals surface area contributed by atoms with Crippen molar-refractivity contribution in [2.45, 2.75) is 32.4 Å². The monoisotopic (exact) mass is 405 g/mol. The summed E-state index contributed by atoms with van der Waals surface area (Å²) in [4.78, 5) is 12.6. The highest BCUT2D eigenvalue weighted by Crippen LogP contribution is 2.32. The van der Waals surface area contributed by atoms with Crippen LogP contribution in [-0.2, 0) is 11.6 Å². The Kier molecular flexibility index (Phi) is 5.21. The van der Waals surface area contributed by atoms with Crippen LogP contribution in [0.4, 0.5) is 23.4 Å². The second-order valence-electron chi connectivity index (χ2n) is 7.56. The van der Waals surface area contributed by atoms with E-state index in [0.717, 1.165) is 6.07 Å². The number of halogens is 4. The van der Waals surface area contributed by atoms with Crippen molar-refractivity contribution in [3.8, 4) is 5.69 Å². The summed E-state index contributed by atoms with van der Waals surface area (Å²) in [5, 5.41) is 7.12. The Morgan fingerprint density at radius 1 is 1.00 bits per heavy atom. The predicted octanol–water partition coefficient (Wildman–Crippen LogP) is 5.58.